The topological polar surface area (TPSA) is 128 Å². The van der Waals surface area contributed by atoms with Crippen molar-refractivity contribution in [2.75, 3.05) is 13.2 Å². The molecule has 1 aliphatic rings. The van der Waals surface area contributed by atoms with E-state index in [0.29, 0.717) is 18.5 Å². The molecule has 3 rings (SSSR count). The van der Waals surface area contributed by atoms with E-state index in [1.807, 2.05) is 43.3 Å². The molecule has 1 aliphatic heterocycles. The largest absolute Gasteiger partial charge is 0.370 e. The zero-order valence-electron chi connectivity index (χ0n) is 18.6. The first-order valence-electron chi connectivity index (χ1n) is 10.9. The molecule has 1 heterocycles. The summed E-state index contributed by atoms with van der Waals surface area (Å²) >= 11 is 0. The van der Waals surface area contributed by atoms with Crippen LogP contribution < -0.4 is 16.4 Å². The standard InChI is InChI=1S/C25H29N3O5/c1-25(18-10-6-3-7-11-18,12-13-27-24(32)17-8-4-2-5-9-17)15-22(31)28-23-19(29)16-33-20(23)14-21(26)30/h2-11,20,23H,12-16H2,1H3,(H2,26,30)(H,27,32)(H,28,31). The molecule has 8 heteroatoms. The van der Waals surface area contributed by atoms with Crippen molar-refractivity contribution in [3.63, 3.8) is 0 Å². The molecular formula is C25H29N3O5. The van der Waals surface area contributed by atoms with Crippen molar-refractivity contribution in [2.45, 2.75) is 43.7 Å². The number of hydrogen-bond acceptors (Lipinski definition) is 5. The Morgan fingerprint density at radius 1 is 1.06 bits per heavy atom. The second-order valence-corrected chi connectivity index (χ2v) is 8.51. The van der Waals surface area contributed by atoms with Gasteiger partial charge in [-0.2, -0.15) is 0 Å². The smallest absolute Gasteiger partial charge is 0.251 e. The molecule has 0 saturated carbocycles. The highest BCUT2D eigenvalue weighted by Crippen LogP contribution is 2.31. The van der Waals surface area contributed by atoms with Crippen molar-refractivity contribution < 1.29 is 23.9 Å². The summed E-state index contributed by atoms with van der Waals surface area (Å²) in [6, 6.07) is 17.6. The molecule has 0 aliphatic carbocycles. The Morgan fingerprint density at radius 3 is 2.33 bits per heavy atom. The fourth-order valence-corrected chi connectivity index (χ4v) is 4.03. The van der Waals surface area contributed by atoms with E-state index in [1.165, 1.54) is 0 Å². The van der Waals surface area contributed by atoms with E-state index in [2.05, 4.69) is 10.6 Å². The maximum absolute atomic E-state index is 13.0. The highest BCUT2D eigenvalue weighted by atomic mass is 16.5. The lowest BCUT2D eigenvalue weighted by molar-refractivity contribution is -0.127. The maximum Gasteiger partial charge on any atom is 0.251 e. The number of ether oxygens (including phenoxy) is 1. The lowest BCUT2D eigenvalue weighted by atomic mass is 9.76. The summed E-state index contributed by atoms with van der Waals surface area (Å²) in [5.41, 5.74) is 6.14. The second kappa shape index (κ2) is 10.9. The Kier molecular flexibility index (Phi) is 7.95. The Labute approximate surface area is 192 Å². The molecule has 3 amide bonds. The van der Waals surface area contributed by atoms with Crippen LogP contribution in [0.15, 0.2) is 60.7 Å². The monoisotopic (exact) mass is 451 g/mol. The maximum atomic E-state index is 13.0. The normalized spacial score (nSPS) is 19.5. The number of carbonyl (C=O) groups is 4. The minimum Gasteiger partial charge on any atom is -0.370 e. The van der Waals surface area contributed by atoms with Crippen molar-refractivity contribution in [1.29, 1.82) is 0 Å². The van der Waals surface area contributed by atoms with Gasteiger partial charge in [-0.25, -0.2) is 0 Å². The summed E-state index contributed by atoms with van der Waals surface area (Å²) in [7, 11) is 0. The molecule has 1 saturated heterocycles. The molecule has 2 aromatic carbocycles. The van der Waals surface area contributed by atoms with Crippen LogP contribution in [-0.2, 0) is 24.5 Å². The summed E-state index contributed by atoms with van der Waals surface area (Å²) < 4.78 is 5.33. The van der Waals surface area contributed by atoms with Crippen molar-refractivity contribution in [3.8, 4) is 0 Å². The molecule has 2 aromatic rings. The summed E-state index contributed by atoms with van der Waals surface area (Å²) in [5.74, 6) is -1.41. The molecule has 3 atom stereocenters. The fourth-order valence-electron chi connectivity index (χ4n) is 4.03. The molecule has 174 valence electrons. The van der Waals surface area contributed by atoms with Crippen LogP contribution in [0.5, 0.6) is 0 Å². The van der Waals surface area contributed by atoms with Crippen molar-refractivity contribution in [1.82, 2.24) is 10.6 Å². The van der Waals surface area contributed by atoms with Gasteiger partial charge in [0.1, 0.15) is 12.6 Å². The first kappa shape index (κ1) is 24.1. The van der Waals surface area contributed by atoms with Gasteiger partial charge < -0.3 is 21.1 Å². The minimum absolute atomic E-state index is 0.0886. The Morgan fingerprint density at radius 2 is 1.70 bits per heavy atom. The average Bonchev–Trinajstić information content (AvgIpc) is 3.13. The zero-order valence-corrected chi connectivity index (χ0v) is 18.6. The van der Waals surface area contributed by atoms with Gasteiger partial charge in [-0.3, -0.25) is 19.2 Å². The third kappa shape index (κ3) is 6.49. The van der Waals surface area contributed by atoms with Gasteiger partial charge in [0, 0.05) is 23.9 Å². The van der Waals surface area contributed by atoms with Gasteiger partial charge >= 0.3 is 0 Å². The third-order valence-electron chi connectivity index (χ3n) is 5.90. The van der Waals surface area contributed by atoms with Crippen LogP contribution in [0.1, 0.15) is 42.1 Å². The molecule has 33 heavy (non-hydrogen) atoms. The number of benzene rings is 2. The molecular weight excluding hydrogens is 422 g/mol. The number of carbonyl (C=O) groups excluding carboxylic acids is 4. The number of nitrogens with one attached hydrogen (secondary N) is 2. The quantitative estimate of drug-likeness (QED) is 0.504. The van der Waals surface area contributed by atoms with Gasteiger partial charge in [0.05, 0.1) is 12.5 Å². The predicted molar refractivity (Wildman–Crippen MR) is 122 cm³/mol. The van der Waals surface area contributed by atoms with E-state index in [-0.39, 0.29) is 37.0 Å². The second-order valence-electron chi connectivity index (χ2n) is 8.51. The molecule has 0 bridgehead atoms. The van der Waals surface area contributed by atoms with Gasteiger partial charge in [0.2, 0.25) is 11.8 Å². The first-order valence-corrected chi connectivity index (χ1v) is 10.9. The Bertz CT molecular complexity index is 996. The number of primary amides is 1. The van der Waals surface area contributed by atoms with Crippen LogP contribution in [0.3, 0.4) is 0 Å². The van der Waals surface area contributed by atoms with Crippen LogP contribution in [0.4, 0.5) is 0 Å². The third-order valence-corrected chi connectivity index (χ3v) is 5.90. The molecule has 0 aromatic heterocycles. The van der Waals surface area contributed by atoms with E-state index < -0.39 is 23.5 Å². The van der Waals surface area contributed by atoms with Gasteiger partial charge in [-0.15, -0.1) is 0 Å². The van der Waals surface area contributed by atoms with Crippen LogP contribution in [-0.4, -0.2) is 48.8 Å². The predicted octanol–water partition coefficient (Wildman–Crippen LogP) is 1.48. The molecule has 3 unspecified atom stereocenters. The minimum atomic E-state index is -0.900. The van der Waals surface area contributed by atoms with Crippen LogP contribution in [0, 0.1) is 0 Å². The van der Waals surface area contributed by atoms with E-state index >= 15 is 0 Å². The van der Waals surface area contributed by atoms with Crippen molar-refractivity contribution in [2.24, 2.45) is 5.73 Å². The number of hydrogen-bond donors (Lipinski definition) is 3. The summed E-state index contributed by atoms with van der Waals surface area (Å²) in [5, 5.41) is 5.64. The van der Waals surface area contributed by atoms with Crippen LogP contribution in [0.2, 0.25) is 0 Å². The van der Waals surface area contributed by atoms with Gasteiger partial charge in [0.15, 0.2) is 5.78 Å². The van der Waals surface area contributed by atoms with Gasteiger partial charge in [0.25, 0.3) is 5.91 Å². The number of nitrogens with two attached hydrogens (primary N) is 1. The van der Waals surface area contributed by atoms with Crippen molar-refractivity contribution in [3.05, 3.63) is 71.8 Å². The summed E-state index contributed by atoms with van der Waals surface area (Å²) in [6.45, 7) is 2.15. The van der Waals surface area contributed by atoms with Crippen LogP contribution >= 0.6 is 0 Å². The lowest BCUT2D eigenvalue weighted by Gasteiger charge is -2.31. The van der Waals surface area contributed by atoms with Crippen molar-refractivity contribution >= 4 is 23.5 Å². The molecule has 8 nitrogen and oxygen atoms in total. The van der Waals surface area contributed by atoms with E-state index in [0.717, 1.165) is 5.56 Å². The van der Waals surface area contributed by atoms with E-state index in [1.54, 1.807) is 24.3 Å². The molecule has 1 fully saturated rings. The average molecular weight is 452 g/mol. The zero-order chi connectivity index (χ0) is 23.8. The number of amides is 3. The van der Waals surface area contributed by atoms with E-state index in [4.69, 9.17) is 10.5 Å². The number of rotatable bonds is 10. The molecule has 4 N–H and O–H groups in total. The fraction of sp³-hybridized carbons (Fsp3) is 0.360. The van der Waals surface area contributed by atoms with Crippen LogP contribution in [0.25, 0.3) is 0 Å². The highest BCUT2D eigenvalue weighted by molar-refractivity contribution is 5.94. The van der Waals surface area contributed by atoms with Gasteiger partial charge in [-0.1, -0.05) is 55.5 Å². The summed E-state index contributed by atoms with van der Waals surface area (Å²) in [4.78, 5) is 48.8. The summed E-state index contributed by atoms with van der Waals surface area (Å²) in [6.07, 6.45) is -0.307. The number of Topliss-reactive ketones (excluding diaryl/α,β-unsaturated/α-hetero) is 1. The molecule has 0 radical (unpaired) electrons. The lowest BCUT2D eigenvalue weighted by Crippen LogP contribution is -2.47. The van der Waals surface area contributed by atoms with E-state index in [9.17, 15) is 19.2 Å². The number of ketones is 1. The first-order chi connectivity index (χ1) is 15.8. The Balaban J connectivity index is 1.67. The SMILES string of the molecule is CC(CCNC(=O)c1ccccc1)(CC(=O)NC1C(=O)COC1CC(N)=O)c1ccccc1. The highest BCUT2D eigenvalue weighted by Gasteiger charge is 2.39. The van der Waals surface area contributed by atoms with Gasteiger partial charge in [-0.05, 0) is 24.1 Å². The Hall–Kier alpha value is -3.52. The molecule has 0 spiro atoms.